The fourth-order valence-corrected chi connectivity index (χ4v) is 5.62. The van der Waals surface area contributed by atoms with Crippen LogP contribution in [0.1, 0.15) is 17.5 Å². The number of benzene rings is 2. The predicted molar refractivity (Wildman–Crippen MR) is 148 cm³/mol. The van der Waals surface area contributed by atoms with Gasteiger partial charge in [-0.15, -0.1) is 0 Å². The molecule has 2 rings (SSSR count). The van der Waals surface area contributed by atoms with Crippen LogP contribution in [0.3, 0.4) is 0 Å². The van der Waals surface area contributed by atoms with E-state index in [1.54, 1.807) is 24.3 Å². The third-order valence-corrected chi connectivity index (χ3v) is 7.94. The first-order chi connectivity index (χ1) is 18.4. The maximum absolute atomic E-state index is 12.4. The average molecular weight is 581 g/mol. The lowest BCUT2D eigenvalue weighted by atomic mass is 10.1. The lowest BCUT2D eigenvalue weighted by Gasteiger charge is -2.18. The van der Waals surface area contributed by atoms with Gasteiger partial charge in [-0.1, -0.05) is 45.9 Å². The van der Waals surface area contributed by atoms with Gasteiger partial charge in [-0.25, -0.2) is 9.59 Å². The van der Waals surface area contributed by atoms with Crippen LogP contribution in [0.15, 0.2) is 48.5 Å². The van der Waals surface area contributed by atoms with E-state index in [2.05, 4.69) is 10.6 Å². The van der Waals surface area contributed by atoms with Crippen molar-refractivity contribution in [2.24, 2.45) is 11.5 Å². The van der Waals surface area contributed by atoms with Crippen molar-refractivity contribution in [3.05, 3.63) is 59.7 Å². The third-order valence-electron chi connectivity index (χ3n) is 5.40. The maximum atomic E-state index is 12.4. The summed E-state index contributed by atoms with van der Waals surface area (Å²) in [4.78, 5) is 47.8. The van der Waals surface area contributed by atoms with Gasteiger partial charge in [0, 0.05) is 36.8 Å². The molecule has 0 spiro atoms. The van der Waals surface area contributed by atoms with Gasteiger partial charge in [0.05, 0.1) is 6.04 Å². The maximum Gasteiger partial charge on any atom is 0.326 e. The minimum absolute atomic E-state index is 0.0184. The molecule has 2 aromatic rings. The van der Waals surface area contributed by atoms with Crippen LogP contribution < -0.4 is 22.1 Å². The highest BCUT2D eigenvalue weighted by atomic mass is 33.1. The lowest BCUT2D eigenvalue weighted by molar-refractivity contribution is -0.142. The van der Waals surface area contributed by atoms with Gasteiger partial charge >= 0.3 is 11.9 Å². The van der Waals surface area contributed by atoms with Gasteiger partial charge in [0.15, 0.2) is 0 Å². The molecule has 0 heterocycles. The molecular formula is C25H32N4O8S2. The number of phenols is 2. The highest BCUT2D eigenvalue weighted by Crippen LogP contribution is 2.23. The summed E-state index contributed by atoms with van der Waals surface area (Å²) in [6.07, 6.45) is -0.0552. The van der Waals surface area contributed by atoms with Crippen molar-refractivity contribution in [1.82, 2.24) is 10.6 Å². The Bertz CT molecular complexity index is 1120. The number of carboxylic acids is 2. The number of amides is 2. The van der Waals surface area contributed by atoms with Gasteiger partial charge in [-0.3, -0.25) is 9.59 Å². The molecule has 0 aromatic heterocycles. The SMILES string of the molecule is N[C@@H](CSSC[C@@H](N)C(=O)N[C@@H](Cc1ccc(O)cc1)C(=O)O)CC(=O)N[C@H](Cc1ccc(O)cc1)C(=O)O. The first kappa shape index (κ1) is 31.8. The van der Waals surface area contributed by atoms with Crippen LogP contribution >= 0.6 is 21.6 Å². The van der Waals surface area contributed by atoms with Gasteiger partial charge in [-0.2, -0.15) is 0 Å². The molecule has 0 saturated carbocycles. The molecule has 39 heavy (non-hydrogen) atoms. The van der Waals surface area contributed by atoms with E-state index in [0.29, 0.717) is 16.9 Å². The predicted octanol–water partition coefficient (Wildman–Crippen LogP) is 0.448. The molecule has 2 aromatic carbocycles. The highest BCUT2D eigenvalue weighted by molar-refractivity contribution is 8.76. The molecule has 212 valence electrons. The van der Waals surface area contributed by atoms with Crippen molar-refractivity contribution < 1.29 is 39.6 Å². The molecule has 4 atom stereocenters. The number of carboxylic acid groups (broad SMARTS) is 2. The zero-order valence-electron chi connectivity index (χ0n) is 20.9. The van der Waals surface area contributed by atoms with Crippen molar-refractivity contribution in [1.29, 1.82) is 0 Å². The van der Waals surface area contributed by atoms with Crippen LogP contribution in [0.2, 0.25) is 0 Å². The summed E-state index contributed by atoms with van der Waals surface area (Å²) >= 11 is 0. The van der Waals surface area contributed by atoms with E-state index in [1.165, 1.54) is 45.9 Å². The van der Waals surface area contributed by atoms with Crippen LogP contribution in [-0.4, -0.2) is 79.9 Å². The number of aliphatic carboxylic acids is 2. The Morgan fingerprint density at radius 1 is 0.718 bits per heavy atom. The summed E-state index contributed by atoms with van der Waals surface area (Å²) in [6.45, 7) is 0. The molecule has 12 nitrogen and oxygen atoms in total. The van der Waals surface area contributed by atoms with Crippen LogP contribution in [0, 0.1) is 0 Å². The molecule has 0 radical (unpaired) electrons. The molecule has 10 N–H and O–H groups in total. The van der Waals surface area contributed by atoms with Crippen molar-refractivity contribution >= 4 is 45.3 Å². The van der Waals surface area contributed by atoms with Gasteiger partial charge in [0.25, 0.3) is 0 Å². The number of carbonyl (C=O) groups excluding carboxylic acids is 2. The van der Waals surface area contributed by atoms with Crippen LogP contribution in [0.25, 0.3) is 0 Å². The monoisotopic (exact) mass is 580 g/mol. The second kappa shape index (κ2) is 15.8. The van der Waals surface area contributed by atoms with Crippen molar-refractivity contribution in [2.45, 2.75) is 43.4 Å². The topological polar surface area (TPSA) is 225 Å². The normalized spacial score (nSPS) is 14.0. The van der Waals surface area contributed by atoms with E-state index in [1.807, 2.05) is 0 Å². The molecule has 0 aliphatic carbocycles. The molecule has 0 aliphatic rings. The third kappa shape index (κ3) is 11.9. The van der Waals surface area contributed by atoms with E-state index in [0.717, 1.165) is 0 Å². The van der Waals surface area contributed by atoms with Crippen molar-refractivity contribution in [3.63, 3.8) is 0 Å². The zero-order chi connectivity index (χ0) is 28.9. The van der Waals surface area contributed by atoms with E-state index in [9.17, 15) is 39.6 Å². The summed E-state index contributed by atoms with van der Waals surface area (Å²) in [5, 5.41) is 42.4. The summed E-state index contributed by atoms with van der Waals surface area (Å²) in [6, 6.07) is 8.04. The standard InChI is InChI=1S/C25H32N4O8S2/c26-16(11-22(32)28-20(24(34)35)9-14-1-5-17(30)6-2-14)12-38-39-13-19(27)23(33)29-21(25(36)37)10-15-3-7-18(31)8-4-15/h1-8,16,19-21,30-31H,9-13,26-27H2,(H,28,32)(H,29,33)(H,34,35)(H,36,37)/t16-,19-,20-,21+/m1/s1. The molecule has 0 bridgehead atoms. The van der Waals surface area contributed by atoms with Crippen LogP contribution in [0.4, 0.5) is 0 Å². The second-order valence-electron chi connectivity index (χ2n) is 8.74. The number of aromatic hydroxyl groups is 2. The molecule has 0 unspecified atom stereocenters. The summed E-state index contributed by atoms with van der Waals surface area (Å²) < 4.78 is 0. The molecule has 0 saturated heterocycles. The van der Waals surface area contributed by atoms with Crippen LogP contribution in [0.5, 0.6) is 11.5 Å². The fraction of sp³-hybridized carbons (Fsp3) is 0.360. The molecular weight excluding hydrogens is 548 g/mol. The molecule has 0 aliphatic heterocycles. The van der Waals surface area contributed by atoms with Crippen molar-refractivity contribution in [3.8, 4) is 11.5 Å². The number of hydrogen-bond acceptors (Lipinski definition) is 10. The number of nitrogens with one attached hydrogen (secondary N) is 2. The Morgan fingerprint density at radius 3 is 1.62 bits per heavy atom. The van der Waals surface area contributed by atoms with E-state index in [-0.39, 0.29) is 36.5 Å². The first-order valence-electron chi connectivity index (χ1n) is 11.8. The quantitative estimate of drug-likeness (QED) is 0.100. The Balaban J connectivity index is 1.71. The largest absolute Gasteiger partial charge is 0.508 e. The zero-order valence-corrected chi connectivity index (χ0v) is 22.5. The Morgan fingerprint density at radius 2 is 1.15 bits per heavy atom. The molecule has 14 heteroatoms. The van der Waals surface area contributed by atoms with Gasteiger partial charge < -0.3 is 42.5 Å². The van der Waals surface area contributed by atoms with Crippen LogP contribution in [-0.2, 0) is 32.0 Å². The smallest absolute Gasteiger partial charge is 0.326 e. The number of phenolic OH excluding ortho intramolecular Hbond substituents is 2. The van der Waals surface area contributed by atoms with E-state index < -0.39 is 47.9 Å². The minimum atomic E-state index is -1.22. The average Bonchev–Trinajstić information content (AvgIpc) is 2.87. The van der Waals surface area contributed by atoms with Crippen molar-refractivity contribution in [2.75, 3.05) is 11.5 Å². The molecule has 0 fully saturated rings. The number of carbonyl (C=O) groups is 4. The molecule has 2 amide bonds. The van der Waals surface area contributed by atoms with Gasteiger partial charge in [-0.05, 0) is 35.4 Å². The van der Waals surface area contributed by atoms with Gasteiger partial charge in [0.1, 0.15) is 23.6 Å². The fourth-order valence-electron chi connectivity index (χ4n) is 3.30. The summed E-state index contributed by atoms with van der Waals surface area (Å²) in [5.41, 5.74) is 13.1. The lowest BCUT2D eigenvalue weighted by Crippen LogP contribution is -2.50. The number of rotatable bonds is 16. The van der Waals surface area contributed by atoms with Gasteiger partial charge in [0.2, 0.25) is 11.8 Å². The highest BCUT2D eigenvalue weighted by Gasteiger charge is 2.24. The Labute approximate surface area is 232 Å². The summed E-state index contributed by atoms with van der Waals surface area (Å²) in [5.74, 6) is -3.00. The minimum Gasteiger partial charge on any atom is -0.508 e. The number of hydrogen-bond donors (Lipinski definition) is 8. The first-order valence-corrected chi connectivity index (χ1v) is 14.3. The second-order valence-corrected chi connectivity index (χ2v) is 11.3. The summed E-state index contributed by atoms with van der Waals surface area (Å²) in [7, 11) is 2.52. The Hall–Kier alpha value is -3.46. The van der Waals surface area contributed by atoms with E-state index >= 15 is 0 Å². The number of nitrogens with two attached hydrogens (primary N) is 2. The Kier molecular flexibility index (Phi) is 12.9. The van der Waals surface area contributed by atoms with E-state index in [4.69, 9.17) is 11.5 Å².